The fourth-order valence-electron chi connectivity index (χ4n) is 1.95. The van der Waals surface area contributed by atoms with Crippen LogP contribution >= 0.6 is 0 Å². The second-order valence-corrected chi connectivity index (χ2v) is 4.60. The molecule has 0 aliphatic rings. The summed E-state index contributed by atoms with van der Waals surface area (Å²) in [6, 6.07) is 4.78. The van der Waals surface area contributed by atoms with Gasteiger partial charge >= 0.3 is 6.18 Å². The molecule has 1 atom stereocenters. The number of hydrogen-bond donors (Lipinski definition) is 2. The first kappa shape index (κ1) is 16.5. The summed E-state index contributed by atoms with van der Waals surface area (Å²) < 4.78 is 38.4. The first-order valence-corrected chi connectivity index (χ1v) is 6.54. The number of carbonyl (C=O) groups is 1. The van der Waals surface area contributed by atoms with Crippen LogP contribution in [0.1, 0.15) is 35.7 Å². The van der Waals surface area contributed by atoms with E-state index in [-0.39, 0.29) is 11.5 Å². The lowest BCUT2D eigenvalue weighted by Crippen LogP contribution is -2.31. The van der Waals surface area contributed by atoms with E-state index in [4.69, 9.17) is 5.73 Å². The van der Waals surface area contributed by atoms with Gasteiger partial charge in [-0.2, -0.15) is 13.2 Å². The molecule has 0 heterocycles. The van der Waals surface area contributed by atoms with Crippen molar-refractivity contribution in [1.29, 1.82) is 0 Å². The van der Waals surface area contributed by atoms with E-state index in [9.17, 15) is 18.0 Å². The molecule has 0 saturated heterocycles. The SMILES string of the molecule is CCC(CCN)CNC(=O)c1ccccc1C(F)(F)F. The number of benzene rings is 1. The maximum absolute atomic E-state index is 12.8. The minimum atomic E-state index is -4.53. The van der Waals surface area contributed by atoms with Crippen LogP contribution in [-0.2, 0) is 6.18 Å². The van der Waals surface area contributed by atoms with E-state index < -0.39 is 17.6 Å². The zero-order valence-corrected chi connectivity index (χ0v) is 11.3. The summed E-state index contributed by atoms with van der Waals surface area (Å²) in [6.07, 6.45) is -2.98. The second kappa shape index (κ2) is 7.28. The minimum absolute atomic E-state index is 0.182. The van der Waals surface area contributed by atoms with Crippen LogP contribution in [0, 0.1) is 5.92 Å². The van der Waals surface area contributed by atoms with E-state index in [2.05, 4.69) is 5.32 Å². The number of amides is 1. The van der Waals surface area contributed by atoms with Crippen molar-refractivity contribution in [1.82, 2.24) is 5.32 Å². The van der Waals surface area contributed by atoms with E-state index >= 15 is 0 Å². The summed E-state index contributed by atoms with van der Waals surface area (Å²) in [6.45, 7) is 2.78. The Balaban J connectivity index is 2.78. The number of nitrogens with two attached hydrogens (primary N) is 1. The Bertz CT molecular complexity index is 446. The fraction of sp³-hybridized carbons (Fsp3) is 0.500. The Morgan fingerprint density at radius 3 is 2.55 bits per heavy atom. The van der Waals surface area contributed by atoms with E-state index in [0.717, 1.165) is 18.9 Å². The second-order valence-electron chi connectivity index (χ2n) is 4.60. The third-order valence-corrected chi connectivity index (χ3v) is 3.18. The summed E-state index contributed by atoms with van der Waals surface area (Å²) in [5, 5.41) is 2.55. The number of hydrogen-bond acceptors (Lipinski definition) is 2. The molecule has 1 rings (SSSR count). The number of carbonyl (C=O) groups excluding carboxylic acids is 1. The van der Waals surface area contributed by atoms with E-state index in [0.29, 0.717) is 13.1 Å². The Labute approximate surface area is 116 Å². The van der Waals surface area contributed by atoms with Gasteiger partial charge in [-0.25, -0.2) is 0 Å². The molecule has 0 aliphatic heterocycles. The van der Waals surface area contributed by atoms with Crippen LogP contribution in [-0.4, -0.2) is 19.0 Å². The van der Waals surface area contributed by atoms with Crippen molar-refractivity contribution in [3.8, 4) is 0 Å². The van der Waals surface area contributed by atoms with Crippen molar-refractivity contribution in [2.75, 3.05) is 13.1 Å². The molecular weight excluding hydrogens is 269 g/mol. The van der Waals surface area contributed by atoms with Gasteiger partial charge < -0.3 is 11.1 Å². The lowest BCUT2D eigenvalue weighted by Gasteiger charge is -2.16. The Hall–Kier alpha value is -1.56. The monoisotopic (exact) mass is 288 g/mol. The normalized spacial score (nSPS) is 13.1. The maximum Gasteiger partial charge on any atom is 0.417 e. The highest BCUT2D eigenvalue weighted by Crippen LogP contribution is 2.31. The first-order chi connectivity index (χ1) is 9.40. The van der Waals surface area contributed by atoms with Gasteiger partial charge in [-0.15, -0.1) is 0 Å². The summed E-state index contributed by atoms with van der Waals surface area (Å²) >= 11 is 0. The molecule has 20 heavy (non-hydrogen) atoms. The van der Waals surface area contributed by atoms with Crippen molar-refractivity contribution in [3.05, 3.63) is 35.4 Å². The Morgan fingerprint density at radius 2 is 2.00 bits per heavy atom. The third-order valence-electron chi connectivity index (χ3n) is 3.18. The van der Waals surface area contributed by atoms with Gasteiger partial charge in [-0.05, 0) is 31.0 Å². The van der Waals surface area contributed by atoms with Crippen LogP contribution in [0.5, 0.6) is 0 Å². The average molecular weight is 288 g/mol. The van der Waals surface area contributed by atoms with Crippen LogP contribution < -0.4 is 11.1 Å². The van der Waals surface area contributed by atoms with Crippen LogP contribution in [0.4, 0.5) is 13.2 Å². The molecular formula is C14H19F3N2O. The van der Waals surface area contributed by atoms with Gasteiger partial charge in [0.1, 0.15) is 0 Å². The minimum Gasteiger partial charge on any atom is -0.352 e. The molecule has 3 N–H and O–H groups in total. The van der Waals surface area contributed by atoms with E-state index in [1.54, 1.807) is 0 Å². The summed E-state index contributed by atoms with van der Waals surface area (Å²) in [4.78, 5) is 11.9. The summed E-state index contributed by atoms with van der Waals surface area (Å²) in [5.74, 6) is -0.518. The fourth-order valence-corrected chi connectivity index (χ4v) is 1.95. The predicted molar refractivity (Wildman–Crippen MR) is 71.2 cm³/mol. The Kier molecular flexibility index (Phi) is 6.01. The molecule has 0 bridgehead atoms. The van der Waals surface area contributed by atoms with Gasteiger partial charge in [0, 0.05) is 6.54 Å². The topological polar surface area (TPSA) is 55.1 Å². The lowest BCUT2D eigenvalue weighted by molar-refractivity contribution is -0.137. The van der Waals surface area contributed by atoms with Crippen LogP contribution in [0.25, 0.3) is 0 Å². The molecule has 0 saturated carbocycles. The predicted octanol–water partition coefficient (Wildman–Crippen LogP) is 2.81. The van der Waals surface area contributed by atoms with Crippen molar-refractivity contribution in [3.63, 3.8) is 0 Å². The number of nitrogens with one attached hydrogen (secondary N) is 1. The third kappa shape index (κ3) is 4.52. The molecule has 3 nitrogen and oxygen atoms in total. The molecule has 0 fully saturated rings. The highest BCUT2D eigenvalue weighted by molar-refractivity contribution is 5.95. The van der Waals surface area contributed by atoms with Crippen molar-refractivity contribution < 1.29 is 18.0 Å². The largest absolute Gasteiger partial charge is 0.417 e. The van der Waals surface area contributed by atoms with Gasteiger partial charge in [0.25, 0.3) is 5.91 Å². The van der Waals surface area contributed by atoms with Gasteiger partial charge in [0.15, 0.2) is 0 Å². The van der Waals surface area contributed by atoms with Crippen LogP contribution in [0.2, 0.25) is 0 Å². The van der Waals surface area contributed by atoms with Gasteiger partial charge in [0.2, 0.25) is 0 Å². The zero-order valence-electron chi connectivity index (χ0n) is 11.3. The molecule has 112 valence electrons. The average Bonchev–Trinajstić information content (AvgIpc) is 2.42. The molecule has 0 aliphatic carbocycles. The van der Waals surface area contributed by atoms with Crippen LogP contribution in [0.3, 0.4) is 0 Å². The molecule has 0 aromatic heterocycles. The van der Waals surface area contributed by atoms with E-state index in [1.165, 1.54) is 18.2 Å². The van der Waals surface area contributed by atoms with Crippen molar-refractivity contribution >= 4 is 5.91 Å². The van der Waals surface area contributed by atoms with Crippen molar-refractivity contribution in [2.45, 2.75) is 25.9 Å². The van der Waals surface area contributed by atoms with E-state index in [1.807, 2.05) is 6.92 Å². The van der Waals surface area contributed by atoms with Crippen LogP contribution in [0.15, 0.2) is 24.3 Å². The van der Waals surface area contributed by atoms with Gasteiger partial charge in [-0.1, -0.05) is 25.5 Å². The molecule has 1 aromatic rings. The number of rotatable bonds is 6. The summed E-state index contributed by atoms with van der Waals surface area (Å²) in [5.41, 5.74) is 4.18. The highest BCUT2D eigenvalue weighted by Gasteiger charge is 2.34. The molecule has 1 unspecified atom stereocenters. The smallest absolute Gasteiger partial charge is 0.352 e. The van der Waals surface area contributed by atoms with Gasteiger partial charge in [0.05, 0.1) is 11.1 Å². The van der Waals surface area contributed by atoms with Gasteiger partial charge in [-0.3, -0.25) is 4.79 Å². The lowest BCUT2D eigenvalue weighted by atomic mass is 10.0. The summed E-state index contributed by atoms with van der Waals surface area (Å²) in [7, 11) is 0. The quantitative estimate of drug-likeness (QED) is 0.845. The molecule has 6 heteroatoms. The maximum atomic E-state index is 12.8. The number of alkyl halides is 3. The van der Waals surface area contributed by atoms with Crippen molar-refractivity contribution in [2.24, 2.45) is 11.7 Å². The zero-order chi connectivity index (χ0) is 15.2. The Morgan fingerprint density at radius 1 is 1.35 bits per heavy atom. The standard InChI is InChI=1S/C14H19F3N2O/c1-2-10(7-8-18)9-19-13(20)11-5-3-4-6-12(11)14(15,16)17/h3-6,10H,2,7-9,18H2,1H3,(H,19,20). The molecule has 0 radical (unpaired) electrons. The highest BCUT2D eigenvalue weighted by atomic mass is 19.4. The molecule has 1 aromatic carbocycles. The first-order valence-electron chi connectivity index (χ1n) is 6.54. The molecule has 0 spiro atoms. The number of halogens is 3. The molecule has 1 amide bonds.